The van der Waals surface area contributed by atoms with Crippen LogP contribution in [-0.2, 0) is 16.0 Å². The average Bonchev–Trinajstić information content (AvgIpc) is 3.28. The lowest BCUT2D eigenvalue weighted by molar-refractivity contribution is -0.112. The molecule has 0 spiro atoms. The van der Waals surface area contributed by atoms with E-state index in [4.69, 9.17) is 14.0 Å². The first-order chi connectivity index (χ1) is 11.8. The van der Waals surface area contributed by atoms with Crippen molar-refractivity contribution in [1.29, 1.82) is 0 Å². The van der Waals surface area contributed by atoms with Gasteiger partial charge in [0.25, 0.3) is 0 Å². The van der Waals surface area contributed by atoms with E-state index in [1.54, 1.807) is 0 Å². The fourth-order valence-electron chi connectivity index (χ4n) is 3.43. The third kappa shape index (κ3) is 3.36. The van der Waals surface area contributed by atoms with E-state index in [2.05, 4.69) is 34.1 Å². The summed E-state index contributed by atoms with van der Waals surface area (Å²) < 4.78 is 16.9. The van der Waals surface area contributed by atoms with Crippen molar-refractivity contribution in [3.8, 4) is 11.4 Å². The SMILES string of the molecule is Cc1ccc(-c2noc(CN3CCCCC3C3OCCO3)n2)cc1. The van der Waals surface area contributed by atoms with Crippen LogP contribution in [0.25, 0.3) is 11.4 Å². The van der Waals surface area contributed by atoms with E-state index in [1.165, 1.54) is 18.4 Å². The highest BCUT2D eigenvalue weighted by molar-refractivity contribution is 5.54. The summed E-state index contributed by atoms with van der Waals surface area (Å²) in [6.07, 6.45) is 3.36. The molecular formula is C18H23N3O3. The summed E-state index contributed by atoms with van der Waals surface area (Å²) in [4.78, 5) is 6.92. The molecule has 6 nitrogen and oxygen atoms in total. The zero-order valence-electron chi connectivity index (χ0n) is 14.0. The van der Waals surface area contributed by atoms with Gasteiger partial charge in [-0.1, -0.05) is 41.4 Å². The highest BCUT2D eigenvalue weighted by atomic mass is 16.7. The van der Waals surface area contributed by atoms with Gasteiger partial charge in [-0.15, -0.1) is 0 Å². The summed E-state index contributed by atoms with van der Waals surface area (Å²) in [6.45, 7) is 5.10. The number of nitrogens with zero attached hydrogens (tertiary/aromatic N) is 3. The third-order valence-electron chi connectivity index (χ3n) is 4.74. The molecule has 0 radical (unpaired) electrons. The number of rotatable bonds is 4. The Labute approximate surface area is 141 Å². The Hall–Kier alpha value is -1.76. The van der Waals surface area contributed by atoms with E-state index in [0.717, 1.165) is 18.5 Å². The van der Waals surface area contributed by atoms with E-state index < -0.39 is 0 Å². The first-order valence-corrected chi connectivity index (χ1v) is 8.66. The maximum Gasteiger partial charge on any atom is 0.241 e. The molecule has 2 aliphatic rings. The van der Waals surface area contributed by atoms with Crippen LogP contribution in [0.15, 0.2) is 28.8 Å². The lowest BCUT2D eigenvalue weighted by Gasteiger charge is -2.36. The fourth-order valence-corrected chi connectivity index (χ4v) is 3.43. The molecule has 24 heavy (non-hydrogen) atoms. The van der Waals surface area contributed by atoms with Gasteiger partial charge in [0.15, 0.2) is 6.29 Å². The smallest absolute Gasteiger partial charge is 0.241 e. The van der Waals surface area contributed by atoms with Crippen LogP contribution in [0.5, 0.6) is 0 Å². The first-order valence-electron chi connectivity index (χ1n) is 8.66. The van der Waals surface area contributed by atoms with Gasteiger partial charge in [-0.25, -0.2) is 0 Å². The summed E-state index contributed by atoms with van der Waals surface area (Å²) in [5.41, 5.74) is 2.20. The minimum absolute atomic E-state index is 0.121. The molecule has 2 aromatic rings. The normalized spacial score (nSPS) is 23.0. The Morgan fingerprint density at radius 2 is 1.92 bits per heavy atom. The van der Waals surface area contributed by atoms with E-state index >= 15 is 0 Å². The van der Waals surface area contributed by atoms with Gasteiger partial charge in [-0.2, -0.15) is 4.98 Å². The Morgan fingerprint density at radius 1 is 1.12 bits per heavy atom. The van der Waals surface area contributed by atoms with Crippen molar-refractivity contribution in [3.63, 3.8) is 0 Å². The van der Waals surface area contributed by atoms with E-state index in [0.29, 0.717) is 31.5 Å². The standard InChI is InChI=1S/C18H23N3O3/c1-13-5-7-14(8-6-13)17-19-16(24-20-17)12-21-9-3-2-4-15(21)18-22-10-11-23-18/h5-8,15,18H,2-4,9-12H2,1H3. The largest absolute Gasteiger partial charge is 0.349 e. The van der Waals surface area contributed by atoms with Crippen molar-refractivity contribution >= 4 is 0 Å². The van der Waals surface area contributed by atoms with Gasteiger partial charge in [0.2, 0.25) is 11.7 Å². The molecule has 1 aromatic carbocycles. The number of hydrogen-bond donors (Lipinski definition) is 0. The number of piperidine rings is 1. The van der Waals surface area contributed by atoms with Crippen LogP contribution in [0.1, 0.15) is 30.7 Å². The Balaban J connectivity index is 1.46. The van der Waals surface area contributed by atoms with Crippen LogP contribution in [0.3, 0.4) is 0 Å². The molecule has 4 rings (SSSR count). The van der Waals surface area contributed by atoms with Crippen molar-refractivity contribution in [2.45, 2.75) is 45.1 Å². The predicted molar refractivity (Wildman–Crippen MR) is 88.2 cm³/mol. The Kier molecular flexibility index (Phi) is 4.60. The summed E-state index contributed by atoms with van der Waals surface area (Å²) in [5, 5.41) is 4.13. The van der Waals surface area contributed by atoms with Gasteiger partial charge in [0, 0.05) is 5.56 Å². The van der Waals surface area contributed by atoms with E-state index in [9.17, 15) is 0 Å². The van der Waals surface area contributed by atoms with Crippen LogP contribution in [0.4, 0.5) is 0 Å². The van der Waals surface area contributed by atoms with Crippen LogP contribution in [0.2, 0.25) is 0 Å². The van der Waals surface area contributed by atoms with Crippen molar-refractivity contribution in [1.82, 2.24) is 15.0 Å². The van der Waals surface area contributed by atoms with E-state index in [1.807, 2.05) is 12.1 Å². The molecule has 0 bridgehead atoms. The molecule has 6 heteroatoms. The van der Waals surface area contributed by atoms with Crippen molar-refractivity contribution in [3.05, 3.63) is 35.7 Å². The lowest BCUT2D eigenvalue weighted by Crippen LogP contribution is -2.46. The molecule has 2 fully saturated rings. The van der Waals surface area contributed by atoms with Crippen molar-refractivity contribution < 1.29 is 14.0 Å². The van der Waals surface area contributed by atoms with Crippen LogP contribution >= 0.6 is 0 Å². The molecule has 0 N–H and O–H groups in total. The topological polar surface area (TPSA) is 60.6 Å². The molecule has 2 saturated heterocycles. The maximum atomic E-state index is 5.72. The zero-order valence-corrected chi connectivity index (χ0v) is 14.0. The van der Waals surface area contributed by atoms with Gasteiger partial charge in [0.1, 0.15) is 0 Å². The number of ether oxygens (including phenoxy) is 2. The second-order valence-corrected chi connectivity index (χ2v) is 6.52. The minimum atomic E-state index is -0.121. The van der Waals surface area contributed by atoms with Crippen LogP contribution in [-0.4, -0.2) is 47.1 Å². The number of aryl methyl sites for hydroxylation is 1. The van der Waals surface area contributed by atoms with Crippen LogP contribution in [0, 0.1) is 6.92 Å². The summed E-state index contributed by atoms with van der Waals surface area (Å²) in [5.74, 6) is 1.29. The second-order valence-electron chi connectivity index (χ2n) is 6.52. The number of hydrogen-bond acceptors (Lipinski definition) is 6. The molecule has 1 atom stereocenters. The second kappa shape index (κ2) is 7.01. The highest BCUT2D eigenvalue weighted by Gasteiger charge is 2.34. The summed E-state index contributed by atoms with van der Waals surface area (Å²) in [7, 11) is 0. The first kappa shape index (κ1) is 15.7. The molecule has 1 aromatic heterocycles. The van der Waals surface area contributed by atoms with Crippen LogP contribution < -0.4 is 0 Å². The zero-order chi connectivity index (χ0) is 16.4. The Morgan fingerprint density at radius 3 is 2.71 bits per heavy atom. The highest BCUT2D eigenvalue weighted by Crippen LogP contribution is 2.26. The molecule has 0 amide bonds. The van der Waals surface area contributed by atoms with Crippen molar-refractivity contribution in [2.75, 3.05) is 19.8 Å². The third-order valence-corrected chi connectivity index (χ3v) is 4.74. The number of likely N-dealkylation sites (tertiary alicyclic amines) is 1. The molecule has 128 valence electrons. The molecule has 0 saturated carbocycles. The predicted octanol–water partition coefficient (Wildman–Crippen LogP) is 2.77. The molecule has 2 aliphatic heterocycles. The van der Waals surface area contributed by atoms with Gasteiger partial charge in [-0.05, 0) is 26.3 Å². The number of aromatic nitrogens is 2. The van der Waals surface area contributed by atoms with E-state index in [-0.39, 0.29) is 12.3 Å². The van der Waals surface area contributed by atoms with Gasteiger partial charge >= 0.3 is 0 Å². The van der Waals surface area contributed by atoms with Crippen molar-refractivity contribution in [2.24, 2.45) is 0 Å². The maximum absolute atomic E-state index is 5.72. The van der Waals surface area contributed by atoms with Gasteiger partial charge < -0.3 is 14.0 Å². The summed E-state index contributed by atoms with van der Waals surface area (Å²) >= 11 is 0. The fraction of sp³-hybridized carbons (Fsp3) is 0.556. The lowest BCUT2D eigenvalue weighted by atomic mass is 10.0. The minimum Gasteiger partial charge on any atom is -0.349 e. The average molecular weight is 329 g/mol. The molecular weight excluding hydrogens is 306 g/mol. The Bertz CT molecular complexity index is 664. The molecule has 3 heterocycles. The quantitative estimate of drug-likeness (QED) is 0.859. The molecule has 0 aliphatic carbocycles. The monoisotopic (exact) mass is 329 g/mol. The number of benzene rings is 1. The van der Waals surface area contributed by atoms with Gasteiger partial charge in [-0.3, -0.25) is 4.90 Å². The molecule has 1 unspecified atom stereocenters. The van der Waals surface area contributed by atoms with Gasteiger partial charge in [0.05, 0.1) is 25.8 Å². The summed E-state index contributed by atoms with van der Waals surface area (Å²) in [6, 6.07) is 8.43.